The van der Waals surface area contributed by atoms with Crippen molar-refractivity contribution in [1.29, 1.82) is 0 Å². The number of hydrogen-bond acceptors (Lipinski definition) is 8. The molecule has 0 aliphatic carbocycles. The van der Waals surface area contributed by atoms with Crippen LogP contribution in [0, 0.1) is 0 Å². The molecule has 1 heterocycles. The third kappa shape index (κ3) is 9.02. The van der Waals surface area contributed by atoms with Crippen molar-refractivity contribution in [2.24, 2.45) is 4.99 Å². The monoisotopic (exact) mass is 717 g/mol. The van der Waals surface area contributed by atoms with Gasteiger partial charge in [0, 0.05) is 15.7 Å². The third-order valence-corrected chi connectivity index (χ3v) is 8.35. The summed E-state index contributed by atoms with van der Waals surface area (Å²) in [5.74, 6) is -0.275. The first-order chi connectivity index (χ1) is 22.2. The van der Waals surface area contributed by atoms with Crippen LogP contribution in [0.3, 0.4) is 0 Å². The Kier molecular flexibility index (Phi) is 10.4. The minimum absolute atomic E-state index is 0.0500. The molecular formula is C32H33Cl2N5O8S. The minimum Gasteiger partial charge on any atom is -0.444 e. The van der Waals surface area contributed by atoms with Crippen LogP contribution in [0.25, 0.3) is 10.9 Å². The zero-order chi connectivity index (χ0) is 35.6. The molecule has 0 spiro atoms. The van der Waals surface area contributed by atoms with Gasteiger partial charge < -0.3 is 14.8 Å². The number of nitrogens with zero attached hydrogens (tertiary/aromatic N) is 3. The van der Waals surface area contributed by atoms with Gasteiger partial charge in [0.25, 0.3) is 15.6 Å². The molecule has 0 saturated carbocycles. The van der Waals surface area contributed by atoms with Crippen molar-refractivity contribution in [3.8, 4) is 0 Å². The maximum Gasteiger partial charge on any atom is 0.437 e. The van der Waals surface area contributed by atoms with Crippen molar-refractivity contribution in [3.63, 3.8) is 0 Å². The summed E-state index contributed by atoms with van der Waals surface area (Å²) in [4.78, 5) is 55.6. The van der Waals surface area contributed by atoms with E-state index < -0.39 is 44.7 Å². The van der Waals surface area contributed by atoms with Gasteiger partial charge in [-0.15, -0.1) is 8.96 Å². The summed E-state index contributed by atoms with van der Waals surface area (Å²) < 4.78 is 38.9. The van der Waals surface area contributed by atoms with E-state index in [2.05, 4.69) is 15.6 Å². The number of fused-ring (bicyclic) bond motifs is 1. The van der Waals surface area contributed by atoms with E-state index in [4.69, 9.17) is 32.7 Å². The fourth-order valence-electron chi connectivity index (χ4n) is 4.27. The summed E-state index contributed by atoms with van der Waals surface area (Å²) in [5.41, 5.74) is -2.81. The largest absolute Gasteiger partial charge is 0.444 e. The van der Waals surface area contributed by atoms with Crippen LogP contribution >= 0.6 is 23.2 Å². The van der Waals surface area contributed by atoms with Crippen molar-refractivity contribution in [1.82, 2.24) is 13.9 Å². The van der Waals surface area contributed by atoms with Crippen LogP contribution in [0.15, 0.2) is 86.2 Å². The van der Waals surface area contributed by atoms with Gasteiger partial charge in [0.2, 0.25) is 5.96 Å². The molecule has 0 bridgehead atoms. The Morgan fingerprint density at radius 1 is 0.833 bits per heavy atom. The molecule has 0 saturated heterocycles. The molecule has 2 N–H and O–H groups in total. The van der Waals surface area contributed by atoms with Crippen LogP contribution in [-0.2, 0) is 26.0 Å². The van der Waals surface area contributed by atoms with E-state index in [1.807, 2.05) is 0 Å². The van der Waals surface area contributed by atoms with Crippen LogP contribution in [0.1, 0.15) is 47.1 Å². The highest BCUT2D eigenvalue weighted by atomic mass is 35.5. The quantitative estimate of drug-likeness (QED) is 0.186. The van der Waals surface area contributed by atoms with Gasteiger partial charge in [0.15, 0.2) is 0 Å². The lowest BCUT2D eigenvalue weighted by atomic mass is 10.2. The Morgan fingerprint density at radius 3 is 2.00 bits per heavy atom. The number of aliphatic imine (C=N–C) groups is 1. The van der Waals surface area contributed by atoms with E-state index >= 15 is 0 Å². The van der Waals surface area contributed by atoms with Gasteiger partial charge >= 0.3 is 17.9 Å². The number of benzene rings is 3. The maximum atomic E-state index is 13.8. The molecule has 4 aromatic rings. The Bertz CT molecular complexity index is 2130. The SMILES string of the molecule is CC(C)(C)OC(=O)/N=C(/NC(=O)OC(C)(C)C)Nc1ccc(Cn2c(=O)n(S(=O)(=O)c3ccc(Cl)cc3)c(=O)c3ccc(Cl)cc32)cc1. The van der Waals surface area contributed by atoms with Gasteiger partial charge in [-0.2, -0.15) is 0 Å². The first-order valence-corrected chi connectivity index (χ1v) is 16.6. The van der Waals surface area contributed by atoms with E-state index in [0.29, 0.717) is 11.3 Å². The van der Waals surface area contributed by atoms with Crippen LogP contribution in [-0.4, -0.2) is 46.3 Å². The number of carbonyl (C=O) groups is 2. The summed E-state index contributed by atoms with van der Waals surface area (Å²) in [5, 5.41) is 5.66. The number of guanidine groups is 1. The van der Waals surface area contributed by atoms with Crippen molar-refractivity contribution in [2.45, 2.75) is 64.2 Å². The summed E-state index contributed by atoms with van der Waals surface area (Å²) in [7, 11) is -4.62. The highest BCUT2D eigenvalue weighted by Crippen LogP contribution is 2.20. The molecule has 0 fully saturated rings. The Labute approximate surface area is 286 Å². The number of halogens is 2. The van der Waals surface area contributed by atoms with Crippen molar-refractivity contribution in [3.05, 3.63) is 103 Å². The molecule has 48 heavy (non-hydrogen) atoms. The van der Waals surface area contributed by atoms with Crippen molar-refractivity contribution < 1.29 is 27.5 Å². The fourth-order valence-corrected chi connectivity index (χ4v) is 5.87. The molecule has 4 rings (SSSR count). The number of anilines is 1. The number of aromatic nitrogens is 2. The molecule has 0 atom stereocenters. The van der Waals surface area contributed by atoms with E-state index in [-0.39, 0.29) is 42.3 Å². The molecule has 16 heteroatoms. The van der Waals surface area contributed by atoms with E-state index in [9.17, 15) is 27.6 Å². The average molecular weight is 719 g/mol. The lowest BCUT2D eigenvalue weighted by Crippen LogP contribution is -2.44. The lowest BCUT2D eigenvalue weighted by Gasteiger charge is -2.21. The summed E-state index contributed by atoms with van der Waals surface area (Å²) in [6.07, 6.45) is -1.84. The molecule has 254 valence electrons. The normalized spacial score (nSPS) is 12.5. The molecule has 0 radical (unpaired) electrons. The smallest absolute Gasteiger partial charge is 0.437 e. The highest BCUT2D eigenvalue weighted by Gasteiger charge is 2.26. The number of hydrogen-bond donors (Lipinski definition) is 2. The Morgan fingerprint density at radius 2 is 1.42 bits per heavy atom. The summed E-state index contributed by atoms with van der Waals surface area (Å²) >= 11 is 12.1. The number of ether oxygens (including phenoxy) is 2. The van der Waals surface area contributed by atoms with Crippen LogP contribution < -0.4 is 21.9 Å². The molecule has 0 aliphatic rings. The van der Waals surface area contributed by atoms with E-state index in [0.717, 1.165) is 4.57 Å². The topological polar surface area (TPSA) is 167 Å². The van der Waals surface area contributed by atoms with E-state index in [1.165, 1.54) is 42.5 Å². The van der Waals surface area contributed by atoms with Gasteiger partial charge in [0.1, 0.15) is 11.2 Å². The second kappa shape index (κ2) is 13.8. The first kappa shape index (κ1) is 36.2. The minimum atomic E-state index is -4.62. The molecule has 0 unspecified atom stereocenters. The standard InChI is InChI=1S/C32H33Cl2N5O8S/c1-31(2,3)46-28(41)36-27(37-29(42)47-32(4,5)6)35-22-12-7-19(8-13-22)18-38-25-17-21(34)11-16-24(25)26(40)39(30(38)43)48(44,45)23-14-9-20(33)10-15-23/h7-17H,18H2,1-6H3,(H2,35,36,37,41,42). The van der Waals surface area contributed by atoms with Gasteiger partial charge in [-0.3, -0.25) is 14.7 Å². The van der Waals surface area contributed by atoms with Gasteiger partial charge in [0.05, 0.1) is 22.3 Å². The van der Waals surface area contributed by atoms with E-state index in [1.54, 1.807) is 65.8 Å². The fraction of sp³-hybridized carbons (Fsp3) is 0.281. The zero-order valence-electron chi connectivity index (χ0n) is 26.8. The summed E-state index contributed by atoms with van der Waals surface area (Å²) in [6, 6.07) is 15.6. The second-order valence-electron chi connectivity index (χ2n) is 12.4. The maximum absolute atomic E-state index is 13.8. The molecule has 0 aliphatic heterocycles. The molecule has 3 aromatic carbocycles. The predicted molar refractivity (Wildman–Crippen MR) is 184 cm³/mol. The molecular weight excluding hydrogens is 685 g/mol. The predicted octanol–water partition coefficient (Wildman–Crippen LogP) is 5.98. The van der Waals surface area contributed by atoms with Crippen LogP contribution in [0.4, 0.5) is 15.3 Å². The number of alkyl carbamates (subject to hydrolysis) is 1. The Balaban J connectivity index is 1.71. The number of nitrogens with one attached hydrogen (secondary N) is 2. The van der Waals surface area contributed by atoms with Gasteiger partial charge in [-0.1, -0.05) is 35.3 Å². The molecule has 13 nitrogen and oxygen atoms in total. The van der Waals surface area contributed by atoms with Crippen molar-refractivity contribution in [2.75, 3.05) is 5.32 Å². The summed E-state index contributed by atoms with van der Waals surface area (Å²) in [6.45, 7) is 9.84. The zero-order valence-corrected chi connectivity index (χ0v) is 29.2. The second-order valence-corrected chi connectivity index (χ2v) is 15.1. The number of rotatable bonds is 5. The average Bonchev–Trinajstić information content (AvgIpc) is 2.94. The highest BCUT2D eigenvalue weighted by molar-refractivity contribution is 7.90. The molecule has 2 amide bonds. The number of carbonyl (C=O) groups excluding carboxylic acids is 2. The Hall–Kier alpha value is -4.66. The van der Waals surface area contributed by atoms with Gasteiger partial charge in [-0.25, -0.2) is 22.8 Å². The third-order valence-electron chi connectivity index (χ3n) is 6.20. The van der Waals surface area contributed by atoms with Gasteiger partial charge in [-0.05, 0) is 102 Å². The van der Waals surface area contributed by atoms with Crippen LogP contribution in [0.5, 0.6) is 0 Å². The lowest BCUT2D eigenvalue weighted by molar-refractivity contribution is 0.0562. The number of amides is 2. The molecule has 1 aromatic heterocycles. The van der Waals surface area contributed by atoms with Crippen LogP contribution in [0.2, 0.25) is 10.0 Å². The first-order valence-electron chi connectivity index (χ1n) is 14.4. The van der Waals surface area contributed by atoms with Crippen molar-refractivity contribution >= 4 is 68.0 Å².